The maximum Gasteiger partial charge on any atom is 0.310 e. The first-order valence-electron chi connectivity index (χ1n) is 14.1. The van der Waals surface area contributed by atoms with Crippen LogP contribution in [0.15, 0.2) is 47.4 Å². The zero-order valence-electron chi connectivity index (χ0n) is 24.3. The molecule has 13 heteroatoms. The average Bonchev–Trinajstić information content (AvgIpc) is 3.67. The lowest BCUT2D eigenvalue weighted by Crippen LogP contribution is -2.37. The van der Waals surface area contributed by atoms with Gasteiger partial charge < -0.3 is 10.1 Å². The van der Waals surface area contributed by atoms with E-state index in [0.29, 0.717) is 31.9 Å². The van der Waals surface area contributed by atoms with Gasteiger partial charge in [-0.3, -0.25) is 28.8 Å². The highest BCUT2D eigenvalue weighted by Crippen LogP contribution is 2.32. The molecular weight excluding hydrogens is 574 g/mol. The highest BCUT2D eigenvalue weighted by atomic mass is 32.2. The van der Waals surface area contributed by atoms with Gasteiger partial charge in [0.25, 0.3) is 11.7 Å². The number of rotatable bonds is 10. The summed E-state index contributed by atoms with van der Waals surface area (Å²) in [6.45, 7) is 6.72. The van der Waals surface area contributed by atoms with Gasteiger partial charge in [0.05, 0.1) is 41.4 Å². The van der Waals surface area contributed by atoms with E-state index in [1.165, 1.54) is 22.5 Å². The second-order valence-corrected chi connectivity index (χ2v) is 12.5. The van der Waals surface area contributed by atoms with Crippen LogP contribution in [0.1, 0.15) is 52.6 Å². The van der Waals surface area contributed by atoms with Gasteiger partial charge in [0.2, 0.25) is 15.9 Å². The molecule has 1 saturated heterocycles. The van der Waals surface area contributed by atoms with Crippen LogP contribution in [0.3, 0.4) is 0 Å². The van der Waals surface area contributed by atoms with Crippen molar-refractivity contribution >= 4 is 45.0 Å². The molecule has 2 aliphatic rings. The van der Waals surface area contributed by atoms with Gasteiger partial charge in [-0.05, 0) is 69.5 Å². The van der Waals surface area contributed by atoms with E-state index in [1.807, 2.05) is 30.7 Å². The average molecular weight is 608 g/mol. The van der Waals surface area contributed by atoms with Crippen LogP contribution in [0, 0.1) is 13.8 Å². The number of anilines is 2. The summed E-state index contributed by atoms with van der Waals surface area (Å²) >= 11 is 0. The van der Waals surface area contributed by atoms with Crippen LogP contribution in [0.25, 0.3) is 0 Å². The molecular formula is C30H33N5O7S. The predicted molar refractivity (Wildman–Crippen MR) is 157 cm³/mol. The number of hydrogen-bond donors (Lipinski definition) is 1. The van der Waals surface area contributed by atoms with E-state index in [4.69, 9.17) is 4.74 Å². The third-order valence-corrected chi connectivity index (χ3v) is 9.57. The second kappa shape index (κ2) is 12.1. The van der Waals surface area contributed by atoms with Crippen molar-refractivity contribution in [1.29, 1.82) is 0 Å². The maximum atomic E-state index is 12.9. The van der Waals surface area contributed by atoms with Gasteiger partial charge in [-0.15, -0.1) is 0 Å². The van der Waals surface area contributed by atoms with Crippen LogP contribution in [-0.4, -0.2) is 72.3 Å². The topological polar surface area (TPSA) is 148 Å². The Morgan fingerprint density at radius 1 is 1.02 bits per heavy atom. The molecule has 0 saturated carbocycles. The quantitative estimate of drug-likeness (QED) is 0.273. The lowest BCUT2D eigenvalue weighted by atomic mass is 10.1. The fourth-order valence-electron chi connectivity index (χ4n) is 5.39. The van der Waals surface area contributed by atoms with Crippen LogP contribution < -0.4 is 10.2 Å². The third kappa shape index (κ3) is 6.09. The Kier molecular flexibility index (Phi) is 8.47. The van der Waals surface area contributed by atoms with E-state index in [0.717, 1.165) is 40.3 Å². The van der Waals surface area contributed by atoms with Crippen molar-refractivity contribution < 1.29 is 32.3 Å². The van der Waals surface area contributed by atoms with Gasteiger partial charge in [0.1, 0.15) is 6.54 Å². The summed E-state index contributed by atoms with van der Waals surface area (Å²) < 4.78 is 34.1. The predicted octanol–water partition coefficient (Wildman–Crippen LogP) is 2.61. The highest BCUT2D eigenvalue weighted by molar-refractivity contribution is 7.89. The number of carbonyl (C=O) groups excluding carboxylic acids is 4. The number of ether oxygens (including phenoxy) is 1. The van der Waals surface area contributed by atoms with Crippen molar-refractivity contribution in [2.45, 2.75) is 51.5 Å². The van der Waals surface area contributed by atoms with Gasteiger partial charge in [0.15, 0.2) is 0 Å². The SMILES string of the molecule is CCOC(=O)Cc1c(C)nn(Cc2ccc(NC(=O)CN3C(=O)C(=O)c4cc(S(=O)(=O)N5CCCC5)ccc43)cc2)c1C. The monoisotopic (exact) mass is 607 g/mol. The Balaban J connectivity index is 1.23. The van der Waals surface area contributed by atoms with E-state index in [-0.39, 0.29) is 28.5 Å². The van der Waals surface area contributed by atoms with E-state index < -0.39 is 34.2 Å². The molecule has 12 nitrogen and oxygen atoms in total. The molecule has 0 atom stereocenters. The van der Waals surface area contributed by atoms with Crippen molar-refractivity contribution in [3.8, 4) is 0 Å². The Labute approximate surface area is 249 Å². The van der Waals surface area contributed by atoms with Gasteiger partial charge in [-0.1, -0.05) is 12.1 Å². The zero-order chi connectivity index (χ0) is 30.9. The summed E-state index contributed by atoms with van der Waals surface area (Å²) in [4.78, 5) is 51.3. The molecule has 43 heavy (non-hydrogen) atoms. The Morgan fingerprint density at radius 2 is 1.72 bits per heavy atom. The largest absolute Gasteiger partial charge is 0.466 e. The molecule has 0 spiro atoms. The van der Waals surface area contributed by atoms with Gasteiger partial charge >= 0.3 is 5.97 Å². The molecule has 3 heterocycles. The summed E-state index contributed by atoms with van der Waals surface area (Å²) in [6, 6.07) is 11.1. The minimum Gasteiger partial charge on any atom is -0.466 e. The number of fused-ring (bicyclic) bond motifs is 1. The zero-order valence-corrected chi connectivity index (χ0v) is 25.1. The van der Waals surface area contributed by atoms with Crippen molar-refractivity contribution in [1.82, 2.24) is 14.1 Å². The summed E-state index contributed by atoms with van der Waals surface area (Å²) in [6.07, 6.45) is 1.71. The van der Waals surface area contributed by atoms with Crippen LogP contribution >= 0.6 is 0 Å². The smallest absolute Gasteiger partial charge is 0.310 e. The number of amides is 2. The number of sulfonamides is 1. The first-order chi connectivity index (χ1) is 20.5. The number of carbonyl (C=O) groups is 4. The summed E-state index contributed by atoms with van der Waals surface area (Å²) in [7, 11) is -3.77. The molecule has 1 aromatic heterocycles. The molecule has 0 aliphatic carbocycles. The third-order valence-electron chi connectivity index (χ3n) is 7.68. The van der Waals surface area contributed by atoms with Crippen LogP contribution in [-0.2, 0) is 42.1 Å². The molecule has 3 aromatic rings. The first-order valence-corrected chi connectivity index (χ1v) is 15.5. The van der Waals surface area contributed by atoms with Gasteiger partial charge in [-0.2, -0.15) is 9.40 Å². The van der Waals surface area contributed by atoms with Crippen molar-refractivity contribution in [3.63, 3.8) is 0 Å². The number of hydrogen-bond acceptors (Lipinski definition) is 8. The molecule has 0 unspecified atom stereocenters. The molecule has 2 aliphatic heterocycles. The van der Waals surface area contributed by atoms with E-state index in [9.17, 15) is 27.6 Å². The molecule has 1 N–H and O–H groups in total. The Hall–Kier alpha value is -4.36. The van der Waals surface area contributed by atoms with Crippen molar-refractivity contribution in [3.05, 3.63) is 70.5 Å². The Morgan fingerprint density at radius 3 is 2.40 bits per heavy atom. The molecule has 5 rings (SSSR count). The number of esters is 1. The number of ketones is 1. The van der Waals surface area contributed by atoms with E-state index >= 15 is 0 Å². The van der Waals surface area contributed by atoms with Crippen molar-refractivity contribution in [2.75, 3.05) is 36.5 Å². The standard InChI is InChI=1S/C30H33N5O7S/c1-4-42-28(37)16-24-19(2)32-35(20(24)3)17-21-7-9-22(10-8-21)31-27(36)18-34-26-12-11-23(15-25(26)29(38)30(34)39)43(40,41)33-13-5-6-14-33/h7-12,15H,4-6,13-14,16-18H2,1-3H3,(H,31,36). The lowest BCUT2D eigenvalue weighted by Gasteiger charge is -2.18. The number of aromatic nitrogens is 2. The number of Topliss-reactive ketones (excluding diaryl/α,β-unsaturated/α-hetero) is 1. The van der Waals surface area contributed by atoms with Gasteiger partial charge in [0, 0.05) is 30.0 Å². The number of nitrogens with one attached hydrogen (secondary N) is 1. The van der Waals surface area contributed by atoms with Crippen molar-refractivity contribution in [2.24, 2.45) is 0 Å². The molecule has 2 amide bonds. The number of aryl methyl sites for hydroxylation is 1. The Bertz CT molecular complexity index is 1710. The molecule has 0 bridgehead atoms. The molecule has 2 aromatic carbocycles. The van der Waals surface area contributed by atoms with Crippen LogP contribution in [0.2, 0.25) is 0 Å². The highest BCUT2D eigenvalue weighted by Gasteiger charge is 2.38. The van der Waals surface area contributed by atoms with E-state index in [1.54, 1.807) is 19.1 Å². The first kappa shape index (κ1) is 30.1. The van der Waals surface area contributed by atoms with E-state index in [2.05, 4.69) is 10.4 Å². The second-order valence-electron chi connectivity index (χ2n) is 10.5. The fraction of sp³-hybridized carbons (Fsp3) is 0.367. The number of benzene rings is 2. The summed E-state index contributed by atoms with van der Waals surface area (Å²) in [5.41, 5.74) is 4.05. The molecule has 0 radical (unpaired) electrons. The summed E-state index contributed by atoms with van der Waals surface area (Å²) in [5.74, 6) is -2.55. The van der Waals surface area contributed by atoms with Crippen LogP contribution in [0.4, 0.5) is 11.4 Å². The normalized spacial score (nSPS) is 15.2. The molecule has 1 fully saturated rings. The fourth-order valence-corrected chi connectivity index (χ4v) is 6.93. The minimum atomic E-state index is -3.77. The minimum absolute atomic E-state index is 0.0306. The lowest BCUT2D eigenvalue weighted by molar-refractivity contribution is -0.142. The van der Waals surface area contributed by atoms with Crippen LogP contribution in [0.5, 0.6) is 0 Å². The van der Waals surface area contributed by atoms with Gasteiger partial charge in [-0.25, -0.2) is 8.42 Å². The number of nitrogens with zero attached hydrogens (tertiary/aromatic N) is 4. The maximum absolute atomic E-state index is 12.9. The summed E-state index contributed by atoms with van der Waals surface area (Å²) in [5, 5.41) is 7.29. The molecule has 226 valence electrons.